The van der Waals surface area contributed by atoms with Crippen LogP contribution in [0, 0.1) is 5.92 Å². The quantitative estimate of drug-likeness (QED) is 0.557. The largest absolute Gasteiger partial charge is 0.300 e. The van der Waals surface area contributed by atoms with E-state index in [9.17, 15) is 0 Å². The van der Waals surface area contributed by atoms with Crippen LogP contribution in [-0.4, -0.2) is 30.6 Å². The van der Waals surface area contributed by atoms with Crippen molar-refractivity contribution in [2.75, 3.05) is 19.6 Å². The van der Waals surface area contributed by atoms with E-state index < -0.39 is 0 Å². The summed E-state index contributed by atoms with van der Waals surface area (Å²) in [5.74, 6) is 6.03. The van der Waals surface area contributed by atoms with Gasteiger partial charge in [0.25, 0.3) is 0 Å². The monoisotopic (exact) mass is 156 g/mol. The topological polar surface area (TPSA) is 38.5 Å². The van der Waals surface area contributed by atoms with Crippen LogP contribution in [-0.2, 0) is 4.84 Å². The van der Waals surface area contributed by atoms with Crippen LogP contribution in [0.4, 0.5) is 0 Å². The lowest BCUT2D eigenvalue weighted by Crippen LogP contribution is -2.48. The Kier molecular flexibility index (Phi) is 2.11. The van der Waals surface area contributed by atoms with Crippen molar-refractivity contribution in [1.82, 2.24) is 4.90 Å². The fraction of sp³-hybridized carbons (Fsp3) is 1.00. The molecular weight excluding hydrogens is 140 g/mol. The van der Waals surface area contributed by atoms with Crippen molar-refractivity contribution in [3.8, 4) is 0 Å². The van der Waals surface area contributed by atoms with Gasteiger partial charge in [-0.3, -0.25) is 4.84 Å². The molecule has 2 fully saturated rings. The summed E-state index contributed by atoms with van der Waals surface area (Å²) in [5.41, 5.74) is 0. The molecule has 0 radical (unpaired) electrons. The third-order valence-corrected chi connectivity index (χ3v) is 2.85. The minimum atomic E-state index is 0.300. The molecule has 2 heterocycles. The van der Waals surface area contributed by atoms with Gasteiger partial charge in [0.1, 0.15) is 0 Å². The van der Waals surface area contributed by atoms with Gasteiger partial charge in [-0.1, -0.05) is 0 Å². The van der Waals surface area contributed by atoms with Crippen LogP contribution >= 0.6 is 0 Å². The van der Waals surface area contributed by atoms with E-state index in [0.717, 1.165) is 12.5 Å². The van der Waals surface area contributed by atoms with Crippen molar-refractivity contribution in [2.45, 2.75) is 25.4 Å². The van der Waals surface area contributed by atoms with Gasteiger partial charge in [-0.05, 0) is 31.7 Å². The molecule has 0 saturated carbocycles. The summed E-state index contributed by atoms with van der Waals surface area (Å²) < 4.78 is 0. The molecule has 3 atom stereocenters. The fourth-order valence-electron chi connectivity index (χ4n) is 2.34. The molecule has 0 aromatic carbocycles. The lowest BCUT2D eigenvalue weighted by Gasteiger charge is -2.40. The molecule has 0 aliphatic carbocycles. The molecule has 2 bridgehead atoms. The highest BCUT2D eigenvalue weighted by molar-refractivity contribution is 4.83. The second-order valence-corrected chi connectivity index (χ2v) is 3.76. The summed E-state index contributed by atoms with van der Waals surface area (Å²) in [6.45, 7) is 3.57. The first-order chi connectivity index (χ1) is 5.38. The molecule has 0 amide bonds. The molecule has 64 valence electrons. The van der Waals surface area contributed by atoms with Crippen LogP contribution in [0.3, 0.4) is 0 Å². The summed E-state index contributed by atoms with van der Waals surface area (Å²) >= 11 is 0. The molecule has 11 heavy (non-hydrogen) atoms. The van der Waals surface area contributed by atoms with E-state index in [0.29, 0.717) is 6.10 Å². The predicted octanol–water partition coefficient (Wildman–Crippen LogP) is 0.361. The van der Waals surface area contributed by atoms with Crippen LogP contribution in [0.2, 0.25) is 0 Å². The first-order valence-electron chi connectivity index (χ1n) is 4.46. The van der Waals surface area contributed by atoms with Gasteiger partial charge in [-0.25, -0.2) is 5.90 Å². The first-order valence-corrected chi connectivity index (χ1v) is 4.46. The SMILES string of the molecule is NO[C@@H]1C[C@H]2CCCN(C2)C1. The predicted molar refractivity (Wildman–Crippen MR) is 42.8 cm³/mol. The van der Waals surface area contributed by atoms with Crippen LogP contribution in [0.5, 0.6) is 0 Å². The Morgan fingerprint density at radius 1 is 1.36 bits per heavy atom. The van der Waals surface area contributed by atoms with E-state index in [2.05, 4.69) is 4.90 Å². The Labute approximate surface area is 67.4 Å². The van der Waals surface area contributed by atoms with Crippen molar-refractivity contribution in [2.24, 2.45) is 11.8 Å². The fourth-order valence-corrected chi connectivity index (χ4v) is 2.34. The summed E-state index contributed by atoms with van der Waals surface area (Å²) in [6, 6.07) is 0. The number of piperidine rings is 2. The van der Waals surface area contributed by atoms with Crippen LogP contribution < -0.4 is 5.90 Å². The molecule has 0 aromatic heterocycles. The molecule has 2 saturated heterocycles. The lowest BCUT2D eigenvalue weighted by molar-refractivity contribution is -0.0353. The van der Waals surface area contributed by atoms with Crippen LogP contribution in [0.25, 0.3) is 0 Å². The Morgan fingerprint density at radius 2 is 2.27 bits per heavy atom. The standard InChI is InChI=1S/C8H16N2O/c9-11-8-4-7-2-1-3-10(5-7)6-8/h7-8H,1-6,9H2/t7-,8-/m1/s1. The first kappa shape index (κ1) is 7.53. The summed E-state index contributed by atoms with van der Waals surface area (Å²) in [6.07, 6.45) is 4.21. The summed E-state index contributed by atoms with van der Waals surface area (Å²) in [5, 5.41) is 0. The highest BCUT2D eigenvalue weighted by Gasteiger charge is 2.30. The Balaban J connectivity index is 1.94. The third kappa shape index (κ3) is 1.55. The molecule has 2 aliphatic heterocycles. The minimum absolute atomic E-state index is 0.300. The van der Waals surface area contributed by atoms with Gasteiger partial charge in [0.2, 0.25) is 0 Å². The smallest absolute Gasteiger partial charge is 0.0917 e. The van der Waals surface area contributed by atoms with Crippen molar-refractivity contribution >= 4 is 0 Å². The normalized spacial score (nSPS) is 43.9. The number of fused-ring (bicyclic) bond motifs is 2. The number of hydrogen-bond donors (Lipinski definition) is 1. The van der Waals surface area contributed by atoms with Gasteiger partial charge in [-0.15, -0.1) is 0 Å². The molecule has 3 heteroatoms. The van der Waals surface area contributed by atoms with Crippen molar-refractivity contribution in [3.63, 3.8) is 0 Å². The van der Waals surface area contributed by atoms with Gasteiger partial charge < -0.3 is 4.90 Å². The second kappa shape index (κ2) is 3.09. The van der Waals surface area contributed by atoms with E-state index in [1.54, 1.807) is 0 Å². The average molecular weight is 156 g/mol. The zero-order valence-electron chi connectivity index (χ0n) is 6.83. The van der Waals surface area contributed by atoms with E-state index in [1.807, 2.05) is 0 Å². The van der Waals surface area contributed by atoms with E-state index in [1.165, 1.54) is 32.4 Å². The second-order valence-electron chi connectivity index (χ2n) is 3.76. The maximum absolute atomic E-state index is 5.18. The maximum atomic E-state index is 5.18. The van der Waals surface area contributed by atoms with E-state index >= 15 is 0 Å². The number of rotatable bonds is 1. The zero-order valence-corrected chi connectivity index (χ0v) is 6.83. The van der Waals surface area contributed by atoms with E-state index in [-0.39, 0.29) is 0 Å². The average Bonchev–Trinajstić information content (AvgIpc) is 2.03. The van der Waals surface area contributed by atoms with Crippen molar-refractivity contribution in [3.05, 3.63) is 0 Å². The van der Waals surface area contributed by atoms with Crippen molar-refractivity contribution < 1.29 is 4.84 Å². The van der Waals surface area contributed by atoms with Gasteiger partial charge in [0.15, 0.2) is 0 Å². The molecule has 1 unspecified atom stereocenters. The van der Waals surface area contributed by atoms with Gasteiger partial charge in [-0.2, -0.15) is 0 Å². The minimum Gasteiger partial charge on any atom is -0.300 e. The van der Waals surface area contributed by atoms with Gasteiger partial charge in [0, 0.05) is 13.1 Å². The Hall–Kier alpha value is -0.120. The van der Waals surface area contributed by atoms with E-state index in [4.69, 9.17) is 10.7 Å². The molecule has 2 N–H and O–H groups in total. The van der Waals surface area contributed by atoms with Crippen LogP contribution in [0.15, 0.2) is 0 Å². The highest BCUT2D eigenvalue weighted by atomic mass is 16.6. The molecular formula is C8H16N2O. The number of hydrogen-bond acceptors (Lipinski definition) is 3. The summed E-state index contributed by atoms with van der Waals surface area (Å²) in [4.78, 5) is 7.35. The summed E-state index contributed by atoms with van der Waals surface area (Å²) in [7, 11) is 0. The zero-order chi connectivity index (χ0) is 7.68. The maximum Gasteiger partial charge on any atom is 0.0917 e. The molecule has 2 rings (SSSR count). The molecule has 3 nitrogen and oxygen atoms in total. The highest BCUT2D eigenvalue weighted by Crippen LogP contribution is 2.26. The number of nitrogens with zero attached hydrogens (tertiary/aromatic N) is 1. The van der Waals surface area contributed by atoms with Crippen molar-refractivity contribution in [1.29, 1.82) is 0 Å². The molecule has 2 aliphatic rings. The molecule has 0 spiro atoms. The number of nitrogens with two attached hydrogens (primary N) is 1. The lowest BCUT2D eigenvalue weighted by atomic mass is 9.88. The Bertz CT molecular complexity index is 128. The van der Waals surface area contributed by atoms with Gasteiger partial charge >= 0.3 is 0 Å². The third-order valence-electron chi connectivity index (χ3n) is 2.85. The molecule has 0 aromatic rings. The Morgan fingerprint density at radius 3 is 3.00 bits per heavy atom. The van der Waals surface area contributed by atoms with Gasteiger partial charge in [0.05, 0.1) is 6.10 Å². The van der Waals surface area contributed by atoms with Crippen LogP contribution in [0.1, 0.15) is 19.3 Å².